The van der Waals surface area contributed by atoms with Gasteiger partial charge in [-0.3, -0.25) is 24.1 Å². The monoisotopic (exact) mass is 473 g/mol. The molecule has 1 aromatic heterocycles. The number of amides is 2. The van der Waals surface area contributed by atoms with Gasteiger partial charge in [-0.1, -0.05) is 0 Å². The van der Waals surface area contributed by atoms with Gasteiger partial charge < -0.3 is 36.5 Å². The molecule has 0 aliphatic carbocycles. The average Bonchev–Trinajstić information content (AvgIpc) is 2.79. The number of carboxylic acids is 2. The number of carbonyl (C=O) groups excluding carboxylic acids is 2. The average molecular weight is 473 g/mol. The number of aromatic nitrogens is 2. The van der Waals surface area contributed by atoms with Gasteiger partial charge in [-0.25, -0.2) is 4.79 Å². The third kappa shape index (κ3) is 5.06. The fourth-order valence-corrected chi connectivity index (χ4v) is 3.53. The summed E-state index contributed by atoms with van der Waals surface area (Å²) < 4.78 is 0. The molecule has 7 N–H and O–H groups in total. The van der Waals surface area contributed by atoms with Gasteiger partial charge in [-0.15, -0.1) is 0 Å². The van der Waals surface area contributed by atoms with E-state index in [2.05, 4.69) is 20.6 Å². The van der Waals surface area contributed by atoms with Crippen molar-refractivity contribution < 1.29 is 29.4 Å². The van der Waals surface area contributed by atoms with Crippen LogP contribution in [0.2, 0.25) is 0 Å². The number of nitrogen functional groups attached to an aromatic ring is 1. The second-order valence-electron chi connectivity index (χ2n) is 7.48. The maximum absolute atomic E-state index is 12.4. The summed E-state index contributed by atoms with van der Waals surface area (Å²) in [5.74, 6) is -2.99. The zero-order valence-electron chi connectivity index (χ0n) is 18.0. The maximum atomic E-state index is 12.4. The van der Waals surface area contributed by atoms with Crippen molar-refractivity contribution >= 4 is 47.4 Å². The molecular formula is C20H23N7O7. The van der Waals surface area contributed by atoms with E-state index < -0.39 is 42.0 Å². The molecule has 0 radical (unpaired) electrons. The maximum Gasteiger partial charge on any atom is 0.326 e. The molecule has 0 bridgehead atoms. The number of H-pyrrole nitrogens is 1. The van der Waals surface area contributed by atoms with Crippen molar-refractivity contribution in [3.63, 3.8) is 0 Å². The number of hydrogen-bond donors (Lipinski definition) is 6. The summed E-state index contributed by atoms with van der Waals surface area (Å²) in [4.78, 5) is 67.8. The summed E-state index contributed by atoms with van der Waals surface area (Å²) >= 11 is 0. The lowest BCUT2D eigenvalue weighted by molar-refractivity contribution is -0.140. The van der Waals surface area contributed by atoms with Crippen LogP contribution >= 0.6 is 0 Å². The molecule has 1 aromatic carbocycles. The number of anilines is 4. The van der Waals surface area contributed by atoms with Crippen molar-refractivity contribution in [3.8, 4) is 0 Å². The van der Waals surface area contributed by atoms with Crippen LogP contribution in [0.3, 0.4) is 0 Å². The topological polar surface area (TPSA) is 211 Å². The van der Waals surface area contributed by atoms with Gasteiger partial charge in [0, 0.05) is 24.7 Å². The molecule has 2 heterocycles. The molecule has 3 rings (SSSR count). The summed E-state index contributed by atoms with van der Waals surface area (Å²) in [7, 11) is 1.69. The van der Waals surface area contributed by atoms with Crippen molar-refractivity contribution in [1.82, 2.24) is 15.3 Å². The van der Waals surface area contributed by atoms with Crippen molar-refractivity contribution in [2.45, 2.75) is 25.0 Å². The predicted octanol–water partition coefficient (Wildman–Crippen LogP) is -0.749. The Morgan fingerprint density at radius 1 is 1.32 bits per heavy atom. The molecule has 0 saturated heterocycles. The van der Waals surface area contributed by atoms with Crippen LogP contribution in [-0.2, 0) is 14.4 Å². The fraction of sp³-hybridized carbons (Fsp3) is 0.300. The molecule has 1 aliphatic rings. The standard InChI is InChI=1S/C20H23N7O7/c1-26(13-8-22-16-15(27(13)9-28)18(32)25-20(21)24-16)11-4-2-10(3-5-11)17(31)23-12(19(33)34)6-7-14(29)30/h2-5,9,12-13H,6-8H2,1H3,(H,23,31)(H,29,30)(H,33,34)(H4,21,22,24,25,32)/t12?,13-/m0/s1. The molecule has 0 saturated carbocycles. The Balaban J connectivity index is 1.75. The zero-order chi connectivity index (χ0) is 25.0. The highest BCUT2D eigenvalue weighted by molar-refractivity contribution is 5.97. The first kappa shape index (κ1) is 24.0. The summed E-state index contributed by atoms with van der Waals surface area (Å²) in [5.41, 5.74) is 5.66. The molecule has 0 spiro atoms. The van der Waals surface area contributed by atoms with Crippen LogP contribution in [-0.4, -0.2) is 70.2 Å². The highest BCUT2D eigenvalue weighted by Gasteiger charge is 2.32. The van der Waals surface area contributed by atoms with Crippen molar-refractivity contribution in [2.75, 3.05) is 34.4 Å². The Hall–Kier alpha value is -4.62. The van der Waals surface area contributed by atoms with E-state index in [1.165, 1.54) is 17.0 Å². The number of nitrogens with one attached hydrogen (secondary N) is 3. The Labute approximate surface area is 192 Å². The number of carbonyl (C=O) groups is 4. The third-order valence-electron chi connectivity index (χ3n) is 5.30. The first-order valence-electron chi connectivity index (χ1n) is 10.1. The number of fused-ring (bicyclic) bond motifs is 1. The van der Waals surface area contributed by atoms with Gasteiger partial charge in [0.1, 0.15) is 18.0 Å². The second kappa shape index (κ2) is 9.89. The van der Waals surface area contributed by atoms with E-state index in [4.69, 9.17) is 10.8 Å². The molecule has 2 aromatic rings. The SMILES string of the molecule is CN(c1ccc(C(=O)NC(CCC(=O)O)C(=O)O)cc1)[C@@H]1CNc2[nH]c(N)nc(=O)c2N1C=O. The first-order valence-corrected chi connectivity index (χ1v) is 10.1. The van der Waals surface area contributed by atoms with Gasteiger partial charge >= 0.3 is 17.5 Å². The van der Waals surface area contributed by atoms with Crippen molar-refractivity contribution in [2.24, 2.45) is 0 Å². The Kier molecular flexibility index (Phi) is 6.99. The van der Waals surface area contributed by atoms with Crippen LogP contribution in [0.5, 0.6) is 0 Å². The van der Waals surface area contributed by atoms with Gasteiger partial charge in [0.25, 0.3) is 5.91 Å². The minimum absolute atomic E-state index is 0.0179. The molecule has 14 nitrogen and oxygen atoms in total. The lowest BCUT2D eigenvalue weighted by Crippen LogP contribution is -2.55. The summed E-state index contributed by atoms with van der Waals surface area (Å²) in [6.07, 6.45) is -0.755. The summed E-state index contributed by atoms with van der Waals surface area (Å²) in [6.45, 7) is 0.244. The molecular weight excluding hydrogens is 450 g/mol. The normalized spacial score (nSPS) is 15.4. The minimum Gasteiger partial charge on any atom is -0.481 e. The van der Waals surface area contributed by atoms with E-state index in [-0.39, 0.29) is 36.0 Å². The highest BCUT2D eigenvalue weighted by atomic mass is 16.4. The predicted molar refractivity (Wildman–Crippen MR) is 121 cm³/mol. The Morgan fingerprint density at radius 2 is 2.00 bits per heavy atom. The number of likely N-dealkylation sites (N-methyl/N-ethyl adjacent to an activating group) is 1. The van der Waals surface area contributed by atoms with Gasteiger partial charge in [0.2, 0.25) is 12.4 Å². The van der Waals surface area contributed by atoms with Crippen molar-refractivity contribution in [1.29, 1.82) is 0 Å². The lowest BCUT2D eigenvalue weighted by Gasteiger charge is -2.40. The van der Waals surface area contributed by atoms with Crippen LogP contribution in [0.1, 0.15) is 23.2 Å². The number of benzene rings is 1. The number of rotatable bonds is 9. The smallest absolute Gasteiger partial charge is 0.326 e. The Bertz CT molecular complexity index is 1160. The molecule has 14 heteroatoms. The first-order chi connectivity index (χ1) is 16.1. The quantitative estimate of drug-likeness (QED) is 0.249. The number of aromatic amines is 1. The highest BCUT2D eigenvalue weighted by Crippen LogP contribution is 2.28. The molecule has 1 aliphatic heterocycles. The molecule has 2 amide bonds. The minimum atomic E-state index is -1.35. The second-order valence-corrected chi connectivity index (χ2v) is 7.48. The number of hydrogen-bond acceptors (Lipinski definition) is 9. The van der Waals surface area contributed by atoms with E-state index in [0.717, 1.165) is 0 Å². The lowest BCUT2D eigenvalue weighted by atomic mass is 10.1. The van der Waals surface area contributed by atoms with Crippen LogP contribution in [0.4, 0.5) is 23.1 Å². The third-order valence-corrected chi connectivity index (χ3v) is 5.30. The number of nitrogens with two attached hydrogens (primary N) is 1. The largest absolute Gasteiger partial charge is 0.481 e. The van der Waals surface area contributed by atoms with E-state index in [0.29, 0.717) is 12.1 Å². The molecule has 2 atom stereocenters. The van der Waals surface area contributed by atoms with E-state index >= 15 is 0 Å². The number of nitrogens with zero attached hydrogens (tertiary/aromatic N) is 3. The van der Waals surface area contributed by atoms with E-state index in [1.807, 2.05) is 0 Å². The summed E-state index contributed by atoms with van der Waals surface area (Å²) in [6, 6.07) is 4.75. The van der Waals surface area contributed by atoms with Crippen LogP contribution in [0, 0.1) is 0 Å². The summed E-state index contributed by atoms with van der Waals surface area (Å²) in [5, 5.41) is 23.3. The zero-order valence-corrected chi connectivity index (χ0v) is 18.0. The number of aliphatic carboxylic acids is 2. The van der Waals surface area contributed by atoms with E-state index in [9.17, 15) is 29.1 Å². The van der Waals surface area contributed by atoms with Gasteiger partial charge in [0.05, 0.1) is 6.54 Å². The molecule has 1 unspecified atom stereocenters. The van der Waals surface area contributed by atoms with Crippen LogP contribution in [0.15, 0.2) is 29.1 Å². The van der Waals surface area contributed by atoms with Gasteiger partial charge in [-0.2, -0.15) is 4.98 Å². The fourth-order valence-electron chi connectivity index (χ4n) is 3.53. The molecule has 180 valence electrons. The van der Waals surface area contributed by atoms with Crippen LogP contribution in [0.25, 0.3) is 0 Å². The van der Waals surface area contributed by atoms with Gasteiger partial charge in [-0.05, 0) is 30.7 Å². The molecule has 0 fully saturated rings. The van der Waals surface area contributed by atoms with Gasteiger partial charge in [0.15, 0.2) is 5.69 Å². The molecule has 34 heavy (non-hydrogen) atoms. The van der Waals surface area contributed by atoms with E-state index in [1.54, 1.807) is 24.1 Å². The Morgan fingerprint density at radius 3 is 2.59 bits per heavy atom. The number of carboxylic acid groups (broad SMARTS) is 2. The van der Waals surface area contributed by atoms with Crippen LogP contribution < -0.4 is 31.7 Å². The van der Waals surface area contributed by atoms with Crippen molar-refractivity contribution in [3.05, 3.63) is 40.2 Å².